The maximum atomic E-state index is 12.5. The van der Waals surface area contributed by atoms with Gasteiger partial charge in [0.25, 0.3) is 0 Å². The molecule has 10 nitrogen and oxygen atoms in total. The summed E-state index contributed by atoms with van der Waals surface area (Å²) in [6, 6.07) is 2.79. The first kappa shape index (κ1) is 32.9. The molecule has 1 fully saturated rings. The second kappa shape index (κ2) is 17.4. The molecule has 1 aliphatic carbocycles. The number of carbonyl (C=O) groups is 3. The molecule has 1 aromatic carbocycles. The van der Waals surface area contributed by atoms with Gasteiger partial charge < -0.3 is 20.3 Å². The SMILES string of the molecule is CCCCC[C@@H](O)/C=C/[C@H]1CCC(=O)[C@@H]1CCCCCCC(=O)NC(Cc1ccc(O)c([N+](=O)[O-])c1)C(=O)OC. The monoisotopic (exact) mass is 560 g/mol. The Labute approximate surface area is 236 Å². The number of nitro benzene ring substituents is 1. The maximum absolute atomic E-state index is 12.5. The Morgan fingerprint density at radius 1 is 1.20 bits per heavy atom. The number of hydrogen-bond acceptors (Lipinski definition) is 8. The molecule has 0 radical (unpaired) electrons. The van der Waals surface area contributed by atoms with Crippen LogP contribution in [0.25, 0.3) is 0 Å². The van der Waals surface area contributed by atoms with Crippen LogP contribution in [0.5, 0.6) is 5.75 Å². The average Bonchev–Trinajstić information content (AvgIpc) is 3.28. The Hall–Kier alpha value is -3.27. The van der Waals surface area contributed by atoms with Gasteiger partial charge in [0.1, 0.15) is 11.8 Å². The zero-order valence-electron chi connectivity index (χ0n) is 23.7. The van der Waals surface area contributed by atoms with E-state index in [1.165, 1.54) is 25.3 Å². The van der Waals surface area contributed by atoms with Crippen LogP contribution in [-0.4, -0.2) is 52.1 Å². The highest BCUT2D eigenvalue weighted by Crippen LogP contribution is 2.34. The van der Waals surface area contributed by atoms with Crippen molar-refractivity contribution in [2.24, 2.45) is 11.8 Å². The summed E-state index contributed by atoms with van der Waals surface area (Å²) in [5, 5.41) is 33.5. The molecule has 0 aliphatic heterocycles. The summed E-state index contributed by atoms with van der Waals surface area (Å²) in [4.78, 5) is 47.5. The molecule has 1 saturated carbocycles. The third-order valence-corrected chi connectivity index (χ3v) is 7.50. The first-order chi connectivity index (χ1) is 19.2. The van der Waals surface area contributed by atoms with Gasteiger partial charge in [0.05, 0.1) is 18.1 Å². The van der Waals surface area contributed by atoms with E-state index in [-0.39, 0.29) is 30.6 Å². The van der Waals surface area contributed by atoms with Crippen LogP contribution in [-0.2, 0) is 25.5 Å². The van der Waals surface area contributed by atoms with E-state index in [4.69, 9.17) is 4.74 Å². The summed E-state index contributed by atoms with van der Waals surface area (Å²) in [5.74, 6) is -0.987. The van der Waals surface area contributed by atoms with Gasteiger partial charge in [0, 0.05) is 31.2 Å². The molecule has 40 heavy (non-hydrogen) atoms. The van der Waals surface area contributed by atoms with Gasteiger partial charge in [-0.2, -0.15) is 0 Å². The topological polar surface area (TPSA) is 156 Å². The van der Waals surface area contributed by atoms with E-state index < -0.39 is 34.5 Å². The van der Waals surface area contributed by atoms with Crippen molar-refractivity contribution in [1.82, 2.24) is 5.32 Å². The zero-order chi connectivity index (χ0) is 29.5. The lowest BCUT2D eigenvalue weighted by Crippen LogP contribution is -2.43. The molecule has 0 bridgehead atoms. The molecular formula is C30H44N2O8. The number of aromatic hydroxyl groups is 1. The number of carbonyl (C=O) groups excluding carboxylic acids is 3. The van der Waals surface area contributed by atoms with Gasteiger partial charge in [-0.05, 0) is 43.2 Å². The van der Waals surface area contributed by atoms with Gasteiger partial charge in [0.15, 0.2) is 5.75 Å². The number of Topliss-reactive ketones (excluding diaryl/α,β-unsaturated/α-hetero) is 1. The summed E-state index contributed by atoms with van der Waals surface area (Å²) in [7, 11) is 1.20. The molecular weight excluding hydrogens is 516 g/mol. The predicted octanol–water partition coefficient (Wildman–Crippen LogP) is 4.93. The summed E-state index contributed by atoms with van der Waals surface area (Å²) in [5.41, 5.74) is -0.0742. The highest BCUT2D eigenvalue weighted by Gasteiger charge is 2.32. The number of amides is 1. The molecule has 2 rings (SSSR count). The van der Waals surface area contributed by atoms with E-state index >= 15 is 0 Å². The Balaban J connectivity index is 1.74. The Bertz CT molecular complexity index is 1020. The second-order valence-electron chi connectivity index (χ2n) is 10.6. The highest BCUT2D eigenvalue weighted by atomic mass is 16.6. The first-order valence-corrected chi connectivity index (χ1v) is 14.4. The lowest BCUT2D eigenvalue weighted by Gasteiger charge is -2.17. The molecule has 1 unspecified atom stereocenters. The smallest absolute Gasteiger partial charge is 0.328 e. The number of esters is 1. The molecule has 1 aliphatic rings. The van der Waals surface area contributed by atoms with Crippen molar-refractivity contribution >= 4 is 23.3 Å². The standard InChI is InChI=1S/C30H44N2O8/c1-3-4-7-10-23(33)16-14-22-15-18-27(34)24(22)11-8-5-6-9-12-29(36)31-25(30(37)40-2)19-21-13-17-28(35)26(20-21)32(38)39/h13-14,16-17,20,22-25,33,35H,3-12,15,18-19H2,1-2H3,(H,31,36)/b16-14+/t22-,23+,24+,25?/m0/s1. The number of methoxy groups -OCH3 is 1. The number of nitrogens with one attached hydrogen (secondary N) is 1. The summed E-state index contributed by atoms with van der Waals surface area (Å²) < 4.78 is 4.78. The molecule has 0 heterocycles. The summed E-state index contributed by atoms with van der Waals surface area (Å²) in [6.07, 6.45) is 13.0. The number of nitrogens with zero attached hydrogens (tertiary/aromatic N) is 1. The maximum Gasteiger partial charge on any atom is 0.328 e. The van der Waals surface area contributed by atoms with Crippen LogP contribution in [0, 0.1) is 22.0 Å². The van der Waals surface area contributed by atoms with Gasteiger partial charge >= 0.3 is 11.7 Å². The molecule has 4 atom stereocenters. The van der Waals surface area contributed by atoms with Gasteiger partial charge in [-0.15, -0.1) is 0 Å². The Kier molecular flexibility index (Phi) is 14.4. The van der Waals surface area contributed by atoms with Crippen molar-refractivity contribution in [1.29, 1.82) is 0 Å². The molecule has 1 amide bonds. The van der Waals surface area contributed by atoms with Crippen molar-refractivity contribution < 1.29 is 34.3 Å². The Morgan fingerprint density at radius 2 is 1.95 bits per heavy atom. The van der Waals surface area contributed by atoms with Gasteiger partial charge in [-0.1, -0.05) is 63.7 Å². The van der Waals surface area contributed by atoms with Crippen LogP contribution in [0.1, 0.15) is 89.5 Å². The van der Waals surface area contributed by atoms with Crippen molar-refractivity contribution in [3.8, 4) is 5.75 Å². The molecule has 0 saturated heterocycles. The number of unbranched alkanes of at least 4 members (excludes halogenated alkanes) is 5. The van der Waals surface area contributed by atoms with Crippen LogP contribution in [0.2, 0.25) is 0 Å². The summed E-state index contributed by atoms with van der Waals surface area (Å²) >= 11 is 0. The Morgan fingerprint density at radius 3 is 2.65 bits per heavy atom. The molecule has 222 valence electrons. The van der Waals surface area contributed by atoms with Crippen LogP contribution < -0.4 is 5.32 Å². The minimum atomic E-state index is -1.01. The van der Waals surface area contributed by atoms with E-state index in [2.05, 4.69) is 12.2 Å². The third-order valence-electron chi connectivity index (χ3n) is 7.50. The molecule has 0 spiro atoms. The van der Waals surface area contributed by atoms with Crippen molar-refractivity contribution in [2.45, 2.75) is 103 Å². The van der Waals surface area contributed by atoms with E-state index in [0.29, 0.717) is 24.2 Å². The van der Waals surface area contributed by atoms with Crippen molar-refractivity contribution in [2.75, 3.05) is 7.11 Å². The second-order valence-corrected chi connectivity index (χ2v) is 10.6. The number of phenols is 1. The van der Waals surface area contributed by atoms with Crippen molar-refractivity contribution in [3.05, 3.63) is 46.0 Å². The fourth-order valence-electron chi connectivity index (χ4n) is 5.19. The molecule has 1 aromatic rings. The normalized spacial score (nSPS) is 18.5. The van der Waals surface area contributed by atoms with E-state index in [0.717, 1.165) is 57.8 Å². The van der Waals surface area contributed by atoms with Gasteiger partial charge in [0.2, 0.25) is 5.91 Å². The zero-order valence-corrected chi connectivity index (χ0v) is 23.7. The van der Waals surface area contributed by atoms with Crippen LogP contribution in [0.3, 0.4) is 0 Å². The van der Waals surface area contributed by atoms with Crippen LogP contribution in [0.4, 0.5) is 5.69 Å². The highest BCUT2D eigenvalue weighted by molar-refractivity contribution is 5.85. The number of phenolic OH excluding ortho intramolecular Hbond substituents is 1. The predicted molar refractivity (Wildman–Crippen MR) is 151 cm³/mol. The fraction of sp³-hybridized carbons (Fsp3) is 0.633. The number of aliphatic hydroxyl groups is 1. The number of benzene rings is 1. The third kappa shape index (κ3) is 11.1. The van der Waals surface area contributed by atoms with Crippen LogP contribution in [0.15, 0.2) is 30.4 Å². The number of ketones is 1. The quantitative estimate of drug-likeness (QED) is 0.0750. The van der Waals surface area contributed by atoms with Gasteiger partial charge in [-0.3, -0.25) is 19.7 Å². The number of hydrogen-bond donors (Lipinski definition) is 3. The lowest BCUT2D eigenvalue weighted by atomic mass is 9.89. The minimum Gasteiger partial charge on any atom is -0.502 e. The lowest BCUT2D eigenvalue weighted by molar-refractivity contribution is -0.385. The number of aliphatic hydroxyl groups excluding tert-OH is 1. The number of nitro groups is 1. The fourth-order valence-corrected chi connectivity index (χ4v) is 5.19. The molecule has 10 heteroatoms. The first-order valence-electron chi connectivity index (χ1n) is 14.4. The largest absolute Gasteiger partial charge is 0.502 e. The number of ether oxygens (including phenoxy) is 1. The minimum absolute atomic E-state index is 0.000992. The van der Waals surface area contributed by atoms with Crippen LogP contribution >= 0.6 is 0 Å². The van der Waals surface area contributed by atoms with E-state index in [1.54, 1.807) is 0 Å². The number of allylic oxidation sites excluding steroid dienone is 1. The molecule has 3 N–H and O–H groups in total. The van der Waals surface area contributed by atoms with E-state index in [1.807, 2.05) is 12.2 Å². The van der Waals surface area contributed by atoms with E-state index in [9.17, 15) is 34.7 Å². The average molecular weight is 561 g/mol. The molecule has 0 aromatic heterocycles. The van der Waals surface area contributed by atoms with Crippen molar-refractivity contribution in [3.63, 3.8) is 0 Å². The number of rotatable bonds is 18. The summed E-state index contributed by atoms with van der Waals surface area (Å²) in [6.45, 7) is 2.13. The van der Waals surface area contributed by atoms with Gasteiger partial charge in [-0.25, -0.2) is 4.79 Å².